The number of aliphatic hydroxyl groups is 1. The first kappa shape index (κ1) is 21.9. The van der Waals surface area contributed by atoms with Crippen LogP contribution in [0.25, 0.3) is 16.6 Å². The van der Waals surface area contributed by atoms with Crippen LogP contribution in [0.2, 0.25) is 5.02 Å². The molecule has 4 aromatic rings. The van der Waals surface area contributed by atoms with Gasteiger partial charge in [-0.1, -0.05) is 17.7 Å². The Morgan fingerprint density at radius 1 is 1.22 bits per heavy atom. The third-order valence-electron chi connectivity index (χ3n) is 4.65. The SMILES string of the molecule is COc1ncc(Cl)cc1S(=O)(=O)Nc1ccc(F)c(-c2ccc3c(CO)ncn3c2)c1F. The van der Waals surface area contributed by atoms with E-state index in [9.17, 15) is 17.9 Å². The summed E-state index contributed by atoms with van der Waals surface area (Å²) in [5.41, 5.74) is 0.183. The molecule has 8 nitrogen and oxygen atoms in total. The first-order chi connectivity index (χ1) is 15.2. The van der Waals surface area contributed by atoms with E-state index in [2.05, 4.69) is 14.7 Å². The van der Waals surface area contributed by atoms with Crippen LogP contribution in [0.3, 0.4) is 0 Å². The quantitative estimate of drug-likeness (QED) is 0.436. The molecule has 12 heteroatoms. The number of fused-ring (bicyclic) bond motifs is 1. The Balaban J connectivity index is 1.78. The second-order valence-corrected chi connectivity index (χ2v) is 8.70. The number of aromatic nitrogens is 3. The highest BCUT2D eigenvalue weighted by Gasteiger charge is 2.25. The number of sulfonamides is 1. The number of pyridine rings is 2. The van der Waals surface area contributed by atoms with Crippen molar-refractivity contribution in [2.45, 2.75) is 11.5 Å². The maximum Gasteiger partial charge on any atom is 0.267 e. The fourth-order valence-corrected chi connectivity index (χ4v) is 4.60. The number of benzene rings is 1. The summed E-state index contributed by atoms with van der Waals surface area (Å²) in [6.07, 6.45) is 4.01. The molecule has 166 valence electrons. The second-order valence-electron chi connectivity index (χ2n) is 6.61. The van der Waals surface area contributed by atoms with Gasteiger partial charge in [-0.2, -0.15) is 0 Å². The zero-order valence-corrected chi connectivity index (χ0v) is 18.0. The number of rotatable bonds is 6. The Labute approximate surface area is 186 Å². The molecular weight excluding hydrogens is 466 g/mol. The lowest BCUT2D eigenvalue weighted by Crippen LogP contribution is -2.16. The van der Waals surface area contributed by atoms with E-state index in [0.29, 0.717) is 11.2 Å². The number of hydrogen-bond donors (Lipinski definition) is 2. The Morgan fingerprint density at radius 2 is 2.00 bits per heavy atom. The van der Waals surface area contributed by atoms with E-state index in [1.54, 1.807) is 6.07 Å². The number of nitrogens with zero attached hydrogens (tertiary/aromatic N) is 3. The highest BCUT2D eigenvalue weighted by Crippen LogP contribution is 2.33. The van der Waals surface area contributed by atoms with Gasteiger partial charge >= 0.3 is 0 Å². The van der Waals surface area contributed by atoms with Gasteiger partial charge in [0.25, 0.3) is 10.0 Å². The van der Waals surface area contributed by atoms with Crippen LogP contribution >= 0.6 is 11.6 Å². The van der Waals surface area contributed by atoms with Gasteiger partial charge in [0.15, 0.2) is 10.7 Å². The molecule has 4 rings (SSSR count). The van der Waals surface area contributed by atoms with Gasteiger partial charge in [0.1, 0.15) is 5.82 Å². The Morgan fingerprint density at radius 3 is 2.72 bits per heavy atom. The van der Waals surface area contributed by atoms with Crippen molar-refractivity contribution in [3.8, 4) is 17.0 Å². The third kappa shape index (κ3) is 3.85. The van der Waals surface area contributed by atoms with E-state index < -0.39 is 37.8 Å². The number of aliphatic hydroxyl groups excluding tert-OH is 1. The van der Waals surface area contributed by atoms with E-state index in [1.807, 2.05) is 0 Å². The van der Waals surface area contributed by atoms with E-state index in [4.69, 9.17) is 16.3 Å². The standard InChI is InChI=1S/C20H15ClF2N4O4S/c1-31-20-17(6-12(21)7-24-20)32(29,30)26-14-4-3-13(22)18(19(14)23)11-2-5-16-15(9-28)25-10-27(16)8-11/h2-8,10,26,28H,9H2,1H3. The minimum atomic E-state index is -4.37. The molecule has 3 heterocycles. The average molecular weight is 481 g/mol. The van der Waals surface area contributed by atoms with Crippen LogP contribution < -0.4 is 9.46 Å². The fourth-order valence-electron chi connectivity index (χ4n) is 3.18. The lowest BCUT2D eigenvalue weighted by molar-refractivity contribution is 0.279. The molecule has 0 unspecified atom stereocenters. The molecule has 0 radical (unpaired) electrons. The van der Waals surface area contributed by atoms with Crippen LogP contribution in [0.5, 0.6) is 5.88 Å². The molecule has 0 saturated carbocycles. The highest BCUT2D eigenvalue weighted by atomic mass is 35.5. The number of halogens is 3. The monoisotopic (exact) mass is 480 g/mol. The van der Waals surface area contributed by atoms with Crippen molar-refractivity contribution in [3.05, 3.63) is 71.4 Å². The van der Waals surface area contributed by atoms with Crippen molar-refractivity contribution in [2.75, 3.05) is 11.8 Å². The van der Waals surface area contributed by atoms with Gasteiger partial charge in [0, 0.05) is 18.0 Å². The fraction of sp³-hybridized carbons (Fsp3) is 0.100. The van der Waals surface area contributed by atoms with Crippen LogP contribution in [0.1, 0.15) is 5.69 Å². The summed E-state index contributed by atoms with van der Waals surface area (Å²) in [7, 11) is -3.15. The summed E-state index contributed by atoms with van der Waals surface area (Å²) >= 11 is 5.84. The number of methoxy groups -OCH3 is 1. The molecule has 0 bridgehead atoms. The molecule has 0 aliphatic carbocycles. The first-order valence-electron chi connectivity index (χ1n) is 9.02. The minimum absolute atomic E-state index is 0.0299. The van der Waals surface area contributed by atoms with E-state index in [0.717, 1.165) is 18.2 Å². The van der Waals surface area contributed by atoms with Crippen molar-refractivity contribution in [1.29, 1.82) is 0 Å². The van der Waals surface area contributed by atoms with Gasteiger partial charge in [-0.05, 0) is 24.3 Å². The predicted octanol–water partition coefficient (Wildman–Crippen LogP) is 3.63. The molecule has 0 saturated heterocycles. The first-order valence-corrected chi connectivity index (χ1v) is 10.9. The summed E-state index contributed by atoms with van der Waals surface area (Å²) in [6, 6.07) is 6.01. The molecule has 0 aliphatic rings. The lowest BCUT2D eigenvalue weighted by atomic mass is 10.1. The normalized spacial score (nSPS) is 11.7. The van der Waals surface area contributed by atoms with Crippen molar-refractivity contribution in [2.24, 2.45) is 0 Å². The predicted molar refractivity (Wildman–Crippen MR) is 113 cm³/mol. The Kier molecular flexibility index (Phi) is 5.71. The van der Waals surface area contributed by atoms with Gasteiger partial charge in [-0.3, -0.25) is 4.72 Å². The summed E-state index contributed by atoms with van der Waals surface area (Å²) in [5, 5.41) is 9.34. The molecule has 3 aromatic heterocycles. The third-order valence-corrected chi connectivity index (χ3v) is 6.22. The number of nitrogens with one attached hydrogen (secondary N) is 1. The van der Waals surface area contributed by atoms with Crippen LogP contribution in [0.15, 0.2) is 53.9 Å². The van der Waals surface area contributed by atoms with Gasteiger partial charge in [-0.25, -0.2) is 27.2 Å². The topological polar surface area (TPSA) is 106 Å². The average Bonchev–Trinajstić information content (AvgIpc) is 3.18. The number of hydrogen-bond acceptors (Lipinski definition) is 6. The Bertz CT molecular complexity index is 1440. The smallest absolute Gasteiger partial charge is 0.267 e. The van der Waals surface area contributed by atoms with Gasteiger partial charge in [0.2, 0.25) is 5.88 Å². The zero-order valence-electron chi connectivity index (χ0n) is 16.4. The largest absolute Gasteiger partial charge is 0.480 e. The zero-order chi connectivity index (χ0) is 23.0. The second kappa shape index (κ2) is 8.34. The summed E-state index contributed by atoms with van der Waals surface area (Å²) in [4.78, 5) is 7.40. The molecular formula is C20H15ClF2N4O4S. The summed E-state index contributed by atoms with van der Waals surface area (Å²) < 4.78 is 64.1. The van der Waals surface area contributed by atoms with Gasteiger partial charge < -0.3 is 14.2 Å². The van der Waals surface area contributed by atoms with Crippen LogP contribution in [-0.4, -0.2) is 35.0 Å². The number of imidazole rings is 1. The van der Waals surface area contributed by atoms with E-state index >= 15 is 4.39 Å². The summed E-state index contributed by atoms with van der Waals surface area (Å²) in [5.74, 6) is -2.26. The van der Waals surface area contributed by atoms with Crippen molar-refractivity contribution in [3.63, 3.8) is 0 Å². The minimum Gasteiger partial charge on any atom is -0.480 e. The van der Waals surface area contributed by atoms with Crippen LogP contribution in [-0.2, 0) is 16.6 Å². The lowest BCUT2D eigenvalue weighted by Gasteiger charge is -2.14. The maximum absolute atomic E-state index is 15.3. The molecule has 2 N–H and O–H groups in total. The molecule has 0 amide bonds. The van der Waals surface area contributed by atoms with Crippen molar-refractivity contribution in [1.82, 2.24) is 14.4 Å². The van der Waals surface area contributed by atoms with Crippen molar-refractivity contribution < 1.29 is 27.0 Å². The van der Waals surface area contributed by atoms with E-state index in [1.165, 1.54) is 36.3 Å². The van der Waals surface area contributed by atoms with Crippen LogP contribution in [0, 0.1) is 11.6 Å². The number of ether oxygens (including phenoxy) is 1. The van der Waals surface area contributed by atoms with Gasteiger partial charge in [-0.15, -0.1) is 0 Å². The Hall–Kier alpha value is -3.28. The molecule has 0 atom stereocenters. The summed E-state index contributed by atoms with van der Waals surface area (Å²) in [6.45, 7) is -0.294. The maximum atomic E-state index is 15.3. The van der Waals surface area contributed by atoms with E-state index in [-0.39, 0.29) is 23.1 Å². The molecule has 0 fully saturated rings. The highest BCUT2D eigenvalue weighted by molar-refractivity contribution is 7.92. The molecule has 1 aromatic carbocycles. The van der Waals surface area contributed by atoms with Crippen LogP contribution in [0.4, 0.5) is 14.5 Å². The van der Waals surface area contributed by atoms with Gasteiger partial charge in [0.05, 0.1) is 47.5 Å². The molecule has 0 spiro atoms. The molecule has 32 heavy (non-hydrogen) atoms. The number of anilines is 1. The molecule has 0 aliphatic heterocycles. The van der Waals surface area contributed by atoms with Crippen molar-refractivity contribution >= 4 is 32.8 Å².